The first-order valence-corrected chi connectivity index (χ1v) is 12.4. The number of amides is 2. The lowest BCUT2D eigenvalue weighted by molar-refractivity contribution is -0.196. The predicted molar refractivity (Wildman–Crippen MR) is 131 cm³/mol. The second kappa shape index (κ2) is 8.01. The van der Waals surface area contributed by atoms with Gasteiger partial charge in [-0.3, -0.25) is 9.59 Å². The number of ether oxygens (including phenoxy) is 2. The molecule has 2 fully saturated rings. The van der Waals surface area contributed by atoms with Gasteiger partial charge in [-0.2, -0.15) is 0 Å². The smallest absolute Gasteiger partial charge is 0.407 e. The van der Waals surface area contributed by atoms with Crippen molar-refractivity contribution in [3.05, 3.63) is 54.9 Å². The highest BCUT2D eigenvalue weighted by Gasteiger charge is 2.61. The number of pyridine rings is 1. The van der Waals surface area contributed by atoms with Crippen LogP contribution >= 0.6 is 15.9 Å². The van der Waals surface area contributed by atoms with E-state index in [9.17, 15) is 14.4 Å². The number of carboxylic acid groups (broad SMARTS) is 1. The number of aromatic amines is 1. The monoisotopic (exact) mass is 545 g/mol. The summed E-state index contributed by atoms with van der Waals surface area (Å²) in [5.41, 5.74) is 3.03. The molecule has 1 aromatic heterocycles. The number of hydrogen-bond donors (Lipinski definition) is 3. The number of carbonyl (C=O) groups excluding carboxylic acids is 1. The highest BCUT2D eigenvalue weighted by molar-refractivity contribution is 9.10. The lowest BCUT2D eigenvalue weighted by atomic mass is 9.55. The van der Waals surface area contributed by atoms with Gasteiger partial charge in [0.15, 0.2) is 11.5 Å². The number of H-pyrrole nitrogens is 1. The van der Waals surface area contributed by atoms with Crippen LogP contribution in [0.25, 0.3) is 0 Å². The predicted octanol–water partition coefficient (Wildman–Crippen LogP) is 3.87. The van der Waals surface area contributed by atoms with Crippen molar-refractivity contribution in [1.82, 2.24) is 15.2 Å². The van der Waals surface area contributed by atoms with Crippen LogP contribution < -0.4 is 20.3 Å². The van der Waals surface area contributed by atoms with E-state index in [0.29, 0.717) is 45.8 Å². The van der Waals surface area contributed by atoms with Gasteiger partial charge in [-0.05, 0) is 67.2 Å². The minimum Gasteiger partial charge on any atom is -0.465 e. The summed E-state index contributed by atoms with van der Waals surface area (Å²) in [6.07, 6.45) is 0.782. The van der Waals surface area contributed by atoms with Gasteiger partial charge in [0.05, 0.1) is 4.47 Å². The van der Waals surface area contributed by atoms with Crippen molar-refractivity contribution in [1.29, 1.82) is 0 Å². The molecular weight excluding hydrogens is 518 g/mol. The van der Waals surface area contributed by atoms with E-state index in [4.69, 9.17) is 14.6 Å². The van der Waals surface area contributed by atoms with Gasteiger partial charge in [0.25, 0.3) is 17.3 Å². The summed E-state index contributed by atoms with van der Waals surface area (Å²) < 4.78 is 13.2. The van der Waals surface area contributed by atoms with Gasteiger partial charge in [0.1, 0.15) is 0 Å². The average Bonchev–Trinajstić information content (AvgIpc) is 3.06. The molecule has 1 aromatic carbocycles. The summed E-state index contributed by atoms with van der Waals surface area (Å²) in [5, 5.41) is 12.0. The molecule has 2 aromatic rings. The summed E-state index contributed by atoms with van der Waals surface area (Å²) in [5.74, 6) is 0.0117. The summed E-state index contributed by atoms with van der Waals surface area (Å²) >= 11 is 3.53. The van der Waals surface area contributed by atoms with Crippen LogP contribution in [0, 0.1) is 32.1 Å². The standard InChI is InChI=1S/C25H28BrN3O6/c1-12-5-13(2)28-22(31)17(12)9-27-21(30)16-6-18(26)20-19(14(16)3)34-24(4,35-20)15-7-25(8-15)10-29(11-25)23(32)33/h5-6,15H,7-11H2,1-4H3,(H,27,30)(H,28,31)(H,32,33). The molecule has 10 heteroatoms. The molecule has 35 heavy (non-hydrogen) atoms. The third kappa shape index (κ3) is 3.87. The Hall–Kier alpha value is -3.01. The van der Waals surface area contributed by atoms with E-state index in [0.717, 1.165) is 24.1 Å². The fourth-order valence-corrected chi connectivity index (χ4v) is 6.12. The number of hydrogen-bond acceptors (Lipinski definition) is 5. The first-order chi connectivity index (χ1) is 16.4. The van der Waals surface area contributed by atoms with Crippen molar-refractivity contribution >= 4 is 27.9 Å². The van der Waals surface area contributed by atoms with E-state index >= 15 is 0 Å². The molecule has 1 spiro atoms. The second-order valence-corrected chi connectivity index (χ2v) is 11.1. The number of likely N-dealkylation sites (tertiary alicyclic amines) is 1. The molecule has 5 rings (SSSR count). The number of benzene rings is 1. The highest BCUT2D eigenvalue weighted by atomic mass is 79.9. The van der Waals surface area contributed by atoms with Crippen LogP contribution in [0.15, 0.2) is 21.4 Å². The SMILES string of the molecule is Cc1cc(C)c(CNC(=O)c2cc(Br)c3c(c2C)OC(C)(C2CC4(C2)CN(C(=O)O)C4)O3)c(=O)[nH]1. The van der Waals surface area contributed by atoms with E-state index in [-0.39, 0.29) is 29.3 Å². The second-order valence-electron chi connectivity index (χ2n) is 10.3. The van der Waals surface area contributed by atoms with Gasteiger partial charge < -0.3 is 29.8 Å². The van der Waals surface area contributed by atoms with Crippen molar-refractivity contribution in [2.45, 2.75) is 52.9 Å². The van der Waals surface area contributed by atoms with Gasteiger partial charge in [-0.15, -0.1) is 0 Å². The van der Waals surface area contributed by atoms with Crippen LogP contribution in [0.2, 0.25) is 0 Å². The molecule has 2 amide bonds. The minimum atomic E-state index is -0.883. The molecule has 3 aliphatic rings. The molecule has 0 bridgehead atoms. The number of aryl methyl sites for hydroxylation is 2. The first-order valence-electron chi connectivity index (χ1n) is 11.6. The van der Waals surface area contributed by atoms with E-state index < -0.39 is 11.9 Å². The molecule has 2 aliphatic heterocycles. The van der Waals surface area contributed by atoms with Crippen LogP contribution in [0.1, 0.15) is 52.5 Å². The Labute approximate surface area is 210 Å². The van der Waals surface area contributed by atoms with Crippen molar-refractivity contribution in [2.75, 3.05) is 13.1 Å². The summed E-state index contributed by atoms with van der Waals surface area (Å²) in [7, 11) is 0. The number of fused-ring (bicyclic) bond motifs is 1. The van der Waals surface area contributed by atoms with E-state index in [1.807, 2.05) is 33.8 Å². The van der Waals surface area contributed by atoms with E-state index in [1.165, 1.54) is 4.90 Å². The normalized spacial score (nSPS) is 22.0. The molecule has 1 saturated carbocycles. The van der Waals surface area contributed by atoms with Crippen molar-refractivity contribution in [2.24, 2.45) is 11.3 Å². The van der Waals surface area contributed by atoms with Gasteiger partial charge in [-0.25, -0.2) is 4.79 Å². The minimum absolute atomic E-state index is 0.0246. The third-order valence-corrected chi connectivity index (χ3v) is 8.22. The van der Waals surface area contributed by atoms with Crippen LogP contribution in [0.4, 0.5) is 4.79 Å². The number of nitrogens with zero attached hydrogens (tertiary/aromatic N) is 1. The molecule has 9 nitrogen and oxygen atoms in total. The maximum absolute atomic E-state index is 13.1. The van der Waals surface area contributed by atoms with Crippen molar-refractivity contribution < 1.29 is 24.2 Å². The Morgan fingerprint density at radius 2 is 1.86 bits per heavy atom. The van der Waals surface area contributed by atoms with Gasteiger partial charge in [-0.1, -0.05) is 0 Å². The number of nitrogens with one attached hydrogen (secondary N) is 2. The maximum Gasteiger partial charge on any atom is 0.407 e. The number of halogens is 1. The number of aromatic nitrogens is 1. The average molecular weight is 546 g/mol. The Morgan fingerprint density at radius 3 is 2.49 bits per heavy atom. The fourth-order valence-electron chi connectivity index (χ4n) is 5.63. The van der Waals surface area contributed by atoms with Crippen LogP contribution in [0.3, 0.4) is 0 Å². The third-order valence-electron chi connectivity index (χ3n) is 7.64. The zero-order valence-electron chi connectivity index (χ0n) is 20.1. The van der Waals surface area contributed by atoms with Crippen LogP contribution in [-0.4, -0.2) is 45.9 Å². The quantitative estimate of drug-likeness (QED) is 0.536. The Bertz CT molecular complexity index is 1310. The Kier molecular flexibility index (Phi) is 5.43. The Morgan fingerprint density at radius 1 is 1.20 bits per heavy atom. The summed E-state index contributed by atoms with van der Waals surface area (Å²) in [6.45, 7) is 8.60. The van der Waals surface area contributed by atoms with Gasteiger partial charge in [0, 0.05) is 60.3 Å². The van der Waals surface area contributed by atoms with E-state index in [2.05, 4.69) is 26.2 Å². The number of carbonyl (C=O) groups is 2. The molecule has 1 aliphatic carbocycles. The zero-order valence-corrected chi connectivity index (χ0v) is 21.7. The van der Waals surface area contributed by atoms with E-state index in [1.54, 1.807) is 6.07 Å². The molecule has 3 N–H and O–H groups in total. The first kappa shape index (κ1) is 23.7. The lowest BCUT2D eigenvalue weighted by Gasteiger charge is -2.60. The number of rotatable bonds is 4. The van der Waals surface area contributed by atoms with Crippen LogP contribution in [-0.2, 0) is 6.54 Å². The van der Waals surface area contributed by atoms with Gasteiger partial charge in [0.2, 0.25) is 0 Å². The molecule has 1 atom stereocenters. The van der Waals surface area contributed by atoms with Crippen LogP contribution in [0.5, 0.6) is 11.5 Å². The summed E-state index contributed by atoms with van der Waals surface area (Å²) in [4.78, 5) is 40.7. The topological polar surface area (TPSA) is 121 Å². The molecule has 3 heterocycles. The fraction of sp³-hybridized carbons (Fsp3) is 0.480. The summed E-state index contributed by atoms with van der Waals surface area (Å²) in [6, 6.07) is 3.59. The molecule has 186 valence electrons. The molecule has 1 unspecified atom stereocenters. The van der Waals surface area contributed by atoms with Gasteiger partial charge >= 0.3 is 6.09 Å². The largest absolute Gasteiger partial charge is 0.465 e. The van der Waals surface area contributed by atoms with Crippen molar-refractivity contribution in [3.8, 4) is 11.5 Å². The maximum atomic E-state index is 13.1. The molecule has 1 saturated heterocycles. The van der Waals surface area contributed by atoms with Crippen molar-refractivity contribution in [3.63, 3.8) is 0 Å². The highest BCUT2D eigenvalue weighted by Crippen LogP contribution is 2.59. The molecular formula is C25H28BrN3O6. The zero-order chi connectivity index (χ0) is 25.3. The molecule has 0 radical (unpaired) electrons. The Balaban J connectivity index is 1.30. The lowest BCUT2D eigenvalue weighted by Crippen LogP contribution is -2.67.